The van der Waals surface area contributed by atoms with Crippen molar-refractivity contribution in [3.8, 4) is 5.75 Å². The van der Waals surface area contributed by atoms with E-state index >= 15 is 0 Å². The third kappa shape index (κ3) is 4.00. The van der Waals surface area contributed by atoms with E-state index in [1.54, 1.807) is 30.3 Å². The minimum absolute atomic E-state index is 0.167. The van der Waals surface area contributed by atoms with Gasteiger partial charge in [-0.1, -0.05) is 23.2 Å². The molecule has 0 amide bonds. The first-order valence-corrected chi connectivity index (χ1v) is 7.05. The molecule has 0 radical (unpaired) electrons. The van der Waals surface area contributed by atoms with Gasteiger partial charge in [-0.3, -0.25) is 0 Å². The van der Waals surface area contributed by atoms with E-state index in [4.69, 9.17) is 33.7 Å². The van der Waals surface area contributed by atoms with Crippen molar-refractivity contribution in [1.29, 1.82) is 0 Å². The third-order valence-corrected chi connectivity index (χ3v) is 3.45. The van der Waals surface area contributed by atoms with Crippen LogP contribution >= 0.6 is 23.2 Å². The minimum atomic E-state index is -0.418. The fraction of sp³-hybridized carbons (Fsp3) is 0.200. The lowest BCUT2D eigenvalue weighted by Crippen LogP contribution is -2.20. The van der Waals surface area contributed by atoms with Gasteiger partial charge >= 0.3 is 0 Å². The molecule has 0 aliphatic heterocycles. The monoisotopic (exact) mass is 328 g/mol. The summed E-state index contributed by atoms with van der Waals surface area (Å²) in [6, 6.07) is 9.56. The van der Waals surface area contributed by atoms with E-state index in [0.717, 1.165) is 5.56 Å². The van der Waals surface area contributed by atoms with Gasteiger partial charge in [-0.2, -0.15) is 0 Å². The lowest BCUT2D eigenvalue weighted by atomic mass is 10.1. The molecule has 0 fully saturated rings. The summed E-state index contributed by atoms with van der Waals surface area (Å²) in [5.74, 6) is -0.252. The highest BCUT2D eigenvalue weighted by molar-refractivity contribution is 6.34. The van der Waals surface area contributed by atoms with E-state index in [0.29, 0.717) is 22.3 Å². The topological polar surface area (TPSA) is 47.3 Å². The van der Waals surface area contributed by atoms with Gasteiger partial charge in [0.1, 0.15) is 0 Å². The summed E-state index contributed by atoms with van der Waals surface area (Å²) in [6.07, 6.45) is 0. The molecule has 3 nitrogen and oxygen atoms in total. The van der Waals surface area contributed by atoms with Crippen molar-refractivity contribution in [3.63, 3.8) is 0 Å². The van der Waals surface area contributed by atoms with Crippen molar-refractivity contribution in [2.75, 3.05) is 19.0 Å². The second-order valence-corrected chi connectivity index (χ2v) is 5.36. The fourth-order valence-corrected chi connectivity index (χ4v) is 2.55. The predicted octanol–water partition coefficient (Wildman–Crippen LogP) is 4.25. The Kier molecular flexibility index (Phi) is 5.28. The molecule has 2 aromatic rings. The van der Waals surface area contributed by atoms with Crippen LogP contribution in [0, 0.1) is 5.82 Å². The quantitative estimate of drug-likeness (QED) is 0.862. The molecule has 0 spiro atoms. The Morgan fingerprint density at radius 2 is 1.86 bits per heavy atom. The van der Waals surface area contributed by atoms with Crippen LogP contribution in [0.25, 0.3) is 0 Å². The average molecular weight is 329 g/mol. The number of halogens is 3. The van der Waals surface area contributed by atoms with Crippen LogP contribution in [0.1, 0.15) is 11.6 Å². The van der Waals surface area contributed by atoms with E-state index in [9.17, 15) is 4.39 Å². The fourth-order valence-electron chi connectivity index (χ4n) is 2.01. The molecule has 6 heteroatoms. The number of hydrogen-bond donors (Lipinski definition) is 2. The Labute approximate surface area is 132 Å². The van der Waals surface area contributed by atoms with Gasteiger partial charge in [-0.05, 0) is 35.9 Å². The van der Waals surface area contributed by atoms with Gasteiger partial charge in [0, 0.05) is 28.3 Å². The number of rotatable bonds is 5. The molecular weight excluding hydrogens is 314 g/mol. The molecule has 112 valence electrons. The number of hydrogen-bond acceptors (Lipinski definition) is 3. The summed E-state index contributed by atoms with van der Waals surface area (Å²) >= 11 is 12.0. The number of methoxy groups -OCH3 is 1. The highest BCUT2D eigenvalue weighted by Gasteiger charge is 2.12. The first-order valence-electron chi connectivity index (χ1n) is 6.29. The van der Waals surface area contributed by atoms with Gasteiger partial charge in [0.2, 0.25) is 0 Å². The molecule has 2 aromatic carbocycles. The largest absolute Gasteiger partial charge is 0.494 e. The van der Waals surface area contributed by atoms with Crippen molar-refractivity contribution in [2.24, 2.45) is 5.73 Å². The maximum atomic E-state index is 13.4. The van der Waals surface area contributed by atoms with Gasteiger partial charge < -0.3 is 15.8 Å². The molecule has 0 saturated heterocycles. The van der Waals surface area contributed by atoms with Gasteiger partial charge in [-0.25, -0.2) is 4.39 Å². The molecular formula is C15H15Cl2FN2O. The lowest BCUT2D eigenvalue weighted by molar-refractivity contribution is 0.386. The van der Waals surface area contributed by atoms with E-state index in [1.807, 2.05) is 0 Å². The highest BCUT2D eigenvalue weighted by atomic mass is 35.5. The maximum Gasteiger partial charge on any atom is 0.165 e. The molecule has 2 rings (SSSR count). The van der Waals surface area contributed by atoms with E-state index in [2.05, 4.69) is 5.32 Å². The zero-order valence-electron chi connectivity index (χ0n) is 11.4. The first-order chi connectivity index (χ1) is 10.0. The molecule has 1 unspecified atom stereocenters. The van der Waals surface area contributed by atoms with Gasteiger partial charge in [0.05, 0.1) is 13.2 Å². The Bertz CT molecular complexity index is 617. The van der Waals surface area contributed by atoms with Crippen LogP contribution in [-0.4, -0.2) is 13.7 Å². The van der Waals surface area contributed by atoms with Crippen molar-refractivity contribution < 1.29 is 9.13 Å². The molecule has 21 heavy (non-hydrogen) atoms. The van der Waals surface area contributed by atoms with E-state index in [-0.39, 0.29) is 11.8 Å². The Hall–Kier alpha value is -1.49. The Morgan fingerprint density at radius 3 is 2.43 bits per heavy atom. The van der Waals surface area contributed by atoms with Crippen LogP contribution in [0.15, 0.2) is 36.4 Å². The molecule has 0 aromatic heterocycles. The summed E-state index contributed by atoms with van der Waals surface area (Å²) in [5, 5.41) is 4.29. The van der Waals surface area contributed by atoms with Gasteiger partial charge in [-0.15, -0.1) is 0 Å². The summed E-state index contributed by atoms with van der Waals surface area (Å²) in [6.45, 7) is 0.330. The summed E-state index contributed by atoms with van der Waals surface area (Å²) in [4.78, 5) is 0. The van der Waals surface area contributed by atoms with Crippen LogP contribution in [0.4, 0.5) is 10.1 Å². The highest BCUT2D eigenvalue weighted by Crippen LogP contribution is 2.28. The number of benzene rings is 2. The Balaban J connectivity index is 2.26. The van der Waals surface area contributed by atoms with Crippen LogP contribution in [0.3, 0.4) is 0 Å². The normalized spacial score (nSPS) is 12.0. The van der Waals surface area contributed by atoms with Crippen LogP contribution in [-0.2, 0) is 0 Å². The maximum absolute atomic E-state index is 13.4. The average Bonchev–Trinajstić information content (AvgIpc) is 2.45. The number of ether oxygens (including phenoxy) is 1. The second kappa shape index (κ2) is 6.98. The molecule has 3 N–H and O–H groups in total. The van der Waals surface area contributed by atoms with E-state index in [1.165, 1.54) is 13.2 Å². The van der Waals surface area contributed by atoms with Crippen molar-refractivity contribution in [3.05, 3.63) is 57.8 Å². The van der Waals surface area contributed by atoms with Crippen LogP contribution < -0.4 is 15.8 Å². The van der Waals surface area contributed by atoms with Crippen LogP contribution in [0.2, 0.25) is 10.0 Å². The smallest absolute Gasteiger partial charge is 0.165 e. The zero-order chi connectivity index (χ0) is 15.4. The number of nitrogens with two attached hydrogens (primary N) is 1. The summed E-state index contributed by atoms with van der Waals surface area (Å²) in [7, 11) is 1.42. The van der Waals surface area contributed by atoms with Gasteiger partial charge in [0.15, 0.2) is 11.6 Å². The van der Waals surface area contributed by atoms with Gasteiger partial charge in [0.25, 0.3) is 0 Å². The Morgan fingerprint density at radius 1 is 1.19 bits per heavy atom. The second-order valence-electron chi connectivity index (χ2n) is 4.48. The minimum Gasteiger partial charge on any atom is -0.494 e. The van der Waals surface area contributed by atoms with Crippen molar-refractivity contribution in [1.82, 2.24) is 0 Å². The lowest BCUT2D eigenvalue weighted by Gasteiger charge is -2.19. The standard InChI is InChI=1S/C15H15Cl2FN2O/c1-21-15-7-12(2-3-13(15)18)20-14(8-19)9-4-10(16)6-11(17)5-9/h2-7,14,20H,8,19H2,1H3. The molecule has 0 bridgehead atoms. The molecule has 0 aliphatic rings. The molecule has 0 saturated carbocycles. The van der Waals surface area contributed by atoms with Crippen LogP contribution in [0.5, 0.6) is 5.75 Å². The number of nitrogens with one attached hydrogen (secondary N) is 1. The predicted molar refractivity (Wildman–Crippen MR) is 84.8 cm³/mol. The van der Waals surface area contributed by atoms with Crippen molar-refractivity contribution in [2.45, 2.75) is 6.04 Å². The summed E-state index contributed by atoms with van der Waals surface area (Å²) < 4.78 is 18.4. The summed E-state index contributed by atoms with van der Waals surface area (Å²) in [5.41, 5.74) is 7.35. The molecule has 0 aliphatic carbocycles. The van der Waals surface area contributed by atoms with E-state index < -0.39 is 5.82 Å². The molecule has 0 heterocycles. The number of anilines is 1. The zero-order valence-corrected chi connectivity index (χ0v) is 12.9. The third-order valence-electron chi connectivity index (χ3n) is 3.01. The first kappa shape index (κ1) is 15.9. The molecule has 1 atom stereocenters. The SMILES string of the molecule is COc1cc(NC(CN)c2cc(Cl)cc(Cl)c2)ccc1F. The van der Waals surface area contributed by atoms with Crippen molar-refractivity contribution >= 4 is 28.9 Å².